The highest BCUT2D eigenvalue weighted by molar-refractivity contribution is 5.94. The molecule has 1 saturated heterocycles. The number of hydrogen-bond donors (Lipinski definition) is 1. The van der Waals surface area contributed by atoms with Crippen LogP contribution in [0.25, 0.3) is 0 Å². The molecule has 0 aliphatic carbocycles. The lowest BCUT2D eigenvalue weighted by Gasteiger charge is -2.31. The fraction of sp³-hybridized carbons (Fsp3) is 0.562. The average Bonchev–Trinajstić information content (AvgIpc) is 2.46. The van der Waals surface area contributed by atoms with Gasteiger partial charge in [-0.2, -0.15) is 0 Å². The molecule has 1 heterocycles. The van der Waals surface area contributed by atoms with Crippen molar-refractivity contribution in [3.05, 3.63) is 29.8 Å². The van der Waals surface area contributed by atoms with Gasteiger partial charge >= 0.3 is 0 Å². The molecule has 1 fully saturated rings. The van der Waals surface area contributed by atoms with Gasteiger partial charge in [-0.25, -0.2) is 0 Å². The lowest BCUT2D eigenvalue weighted by atomic mass is 10.1. The molecule has 2 rings (SSSR count). The molecule has 0 saturated carbocycles. The summed E-state index contributed by atoms with van der Waals surface area (Å²) in [6, 6.07) is 7.72. The monoisotopic (exact) mass is 276 g/mol. The second kappa shape index (κ2) is 6.75. The molecule has 4 nitrogen and oxygen atoms in total. The molecule has 4 heteroatoms. The van der Waals surface area contributed by atoms with E-state index in [0.29, 0.717) is 5.56 Å². The predicted molar refractivity (Wildman–Crippen MR) is 80.2 cm³/mol. The summed E-state index contributed by atoms with van der Waals surface area (Å²) in [6.45, 7) is 5.89. The zero-order chi connectivity index (χ0) is 14.5. The van der Waals surface area contributed by atoms with Crippen LogP contribution in [0.4, 0.5) is 0 Å². The van der Waals surface area contributed by atoms with E-state index in [-0.39, 0.29) is 18.1 Å². The number of nitrogens with zero attached hydrogens (tertiary/aromatic N) is 1. The summed E-state index contributed by atoms with van der Waals surface area (Å²) in [4.78, 5) is 14.4. The summed E-state index contributed by atoms with van der Waals surface area (Å²) in [5.74, 6) is 0.814. The fourth-order valence-electron chi connectivity index (χ4n) is 2.51. The second-order valence-electron chi connectivity index (χ2n) is 5.61. The third kappa shape index (κ3) is 3.73. The van der Waals surface area contributed by atoms with Crippen LogP contribution in [0.1, 0.15) is 37.0 Å². The maximum atomic E-state index is 12.5. The van der Waals surface area contributed by atoms with Crippen molar-refractivity contribution < 1.29 is 9.53 Å². The van der Waals surface area contributed by atoms with E-state index < -0.39 is 0 Å². The summed E-state index contributed by atoms with van der Waals surface area (Å²) in [6.07, 6.45) is 2.30. The van der Waals surface area contributed by atoms with Gasteiger partial charge in [-0.3, -0.25) is 4.79 Å². The van der Waals surface area contributed by atoms with Crippen molar-refractivity contribution in [3.63, 3.8) is 0 Å². The fourth-order valence-corrected chi connectivity index (χ4v) is 2.51. The Morgan fingerprint density at radius 3 is 2.90 bits per heavy atom. The minimum absolute atomic E-state index is 0.0629. The van der Waals surface area contributed by atoms with Gasteiger partial charge in [0, 0.05) is 25.2 Å². The number of carbonyl (C=O) groups excluding carboxylic acids is 1. The van der Waals surface area contributed by atoms with Gasteiger partial charge in [0.1, 0.15) is 5.75 Å². The number of amides is 1. The van der Waals surface area contributed by atoms with Crippen LogP contribution >= 0.6 is 0 Å². The Bertz CT molecular complexity index is 454. The first kappa shape index (κ1) is 14.9. The van der Waals surface area contributed by atoms with Crippen molar-refractivity contribution >= 4 is 5.91 Å². The number of rotatable bonds is 4. The molecule has 110 valence electrons. The smallest absolute Gasteiger partial charge is 0.254 e. The van der Waals surface area contributed by atoms with Crippen molar-refractivity contribution in [1.82, 2.24) is 10.2 Å². The Kier molecular flexibility index (Phi) is 5.01. The van der Waals surface area contributed by atoms with Crippen molar-refractivity contribution in [3.8, 4) is 5.75 Å². The van der Waals surface area contributed by atoms with Crippen LogP contribution in [0, 0.1) is 0 Å². The zero-order valence-corrected chi connectivity index (χ0v) is 12.6. The van der Waals surface area contributed by atoms with Gasteiger partial charge in [0.15, 0.2) is 0 Å². The molecule has 1 unspecified atom stereocenters. The number of ether oxygens (including phenoxy) is 1. The van der Waals surface area contributed by atoms with Gasteiger partial charge in [-0.1, -0.05) is 6.07 Å². The van der Waals surface area contributed by atoms with Crippen LogP contribution < -0.4 is 10.1 Å². The minimum Gasteiger partial charge on any atom is -0.491 e. The van der Waals surface area contributed by atoms with Crippen LogP contribution in [0.2, 0.25) is 0 Å². The summed E-state index contributed by atoms with van der Waals surface area (Å²) in [7, 11) is 1.88. The van der Waals surface area contributed by atoms with Crippen molar-refractivity contribution in [2.24, 2.45) is 0 Å². The van der Waals surface area contributed by atoms with Crippen molar-refractivity contribution in [1.29, 1.82) is 0 Å². The lowest BCUT2D eigenvalue weighted by Crippen LogP contribution is -2.46. The molecular formula is C16H24N2O2. The number of likely N-dealkylation sites (N-methyl/N-ethyl adjacent to an activating group) is 1. The van der Waals surface area contributed by atoms with E-state index in [0.717, 1.165) is 31.7 Å². The quantitative estimate of drug-likeness (QED) is 0.917. The standard InChI is InChI=1S/C16H24N2O2/c1-12(2)20-15-8-4-6-13(10-15)16(19)18(3)14-7-5-9-17-11-14/h4,6,8,10,12,14,17H,5,7,9,11H2,1-3H3. The van der Waals surface area contributed by atoms with E-state index in [1.54, 1.807) is 0 Å². The Labute approximate surface area is 121 Å². The van der Waals surface area contributed by atoms with Crippen LogP contribution in [0.3, 0.4) is 0 Å². The predicted octanol–water partition coefficient (Wildman–Crippen LogP) is 2.30. The SMILES string of the molecule is CC(C)Oc1cccc(C(=O)N(C)C2CCCNC2)c1. The molecule has 1 aromatic carbocycles. The Morgan fingerprint density at radius 1 is 1.45 bits per heavy atom. The zero-order valence-electron chi connectivity index (χ0n) is 12.6. The molecule has 1 N–H and O–H groups in total. The number of carbonyl (C=O) groups is 1. The number of benzene rings is 1. The third-order valence-electron chi connectivity index (χ3n) is 3.59. The minimum atomic E-state index is 0.0629. The third-order valence-corrected chi connectivity index (χ3v) is 3.59. The van der Waals surface area contributed by atoms with Crippen LogP contribution in [0.15, 0.2) is 24.3 Å². The molecule has 1 atom stereocenters. The number of nitrogens with one attached hydrogen (secondary N) is 1. The first-order chi connectivity index (χ1) is 9.58. The highest BCUT2D eigenvalue weighted by Gasteiger charge is 2.23. The van der Waals surface area contributed by atoms with E-state index in [1.165, 1.54) is 0 Å². The normalized spacial score (nSPS) is 18.9. The summed E-state index contributed by atoms with van der Waals surface area (Å²) >= 11 is 0. The maximum Gasteiger partial charge on any atom is 0.254 e. The molecule has 1 aliphatic rings. The van der Waals surface area contributed by atoms with E-state index in [2.05, 4.69) is 5.32 Å². The lowest BCUT2D eigenvalue weighted by molar-refractivity contribution is 0.0707. The summed E-state index contributed by atoms with van der Waals surface area (Å²) < 4.78 is 5.65. The molecule has 1 amide bonds. The van der Waals surface area contributed by atoms with E-state index in [1.807, 2.05) is 50.1 Å². The Morgan fingerprint density at radius 2 is 2.25 bits per heavy atom. The second-order valence-corrected chi connectivity index (χ2v) is 5.61. The average molecular weight is 276 g/mol. The highest BCUT2D eigenvalue weighted by Crippen LogP contribution is 2.18. The molecular weight excluding hydrogens is 252 g/mol. The molecule has 0 spiro atoms. The van der Waals surface area contributed by atoms with Crippen molar-refractivity contribution in [2.75, 3.05) is 20.1 Å². The van der Waals surface area contributed by atoms with Crippen molar-refractivity contribution in [2.45, 2.75) is 38.8 Å². The Balaban J connectivity index is 2.07. The molecule has 1 aromatic rings. The van der Waals surface area contributed by atoms with E-state index in [4.69, 9.17) is 4.74 Å². The van der Waals surface area contributed by atoms with Gasteiger partial charge in [-0.15, -0.1) is 0 Å². The number of piperidine rings is 1. The maximum absolute atomic E-state index is 12.5. The molecule has 1 aliphatic heterocycles. The Hall–Kier alpha value is -1.55. The molecule has 0 aromatic heterocycles. The van der Waals surface area contributed by atoms with E-state index in [9.17, 15) is 4.79 Å². The topological polar surface area (TPSA) is 41.6 Å². The first-order valence-electron chi connectivity index (χ1n) is 7.32. The van der Waals surface area contributed by atoms with Gasteiger partial charge in [-0.05, 0) is 51.4 Å². The van der Waals surface area contributed by atoms with Gasteiger partial charge < -0.3 is 15.0 Å². The summed E-state index contributed by atoms with van der Waals surface area (Å²) in [5, 5.41) is 3.34. The highest BCUT2D eigenvalue weighted by atomic mass is 16.5. The number of hydrogen-bond acceptors (Lipinski definition) is 3. The molecule has 0 radical (unpaired) electrons. The molecule has 0 bridgehead atoms. The van der Waals surface area contributed by atoms with Crippen LogP contribution in [-0.2, 0) is 0 Å². The summed E-state index contributed by atoms with van der Waals surface area (Å²) in [5.41, 5.74) is 0.691. The van der Waals surface area contributed by atoms with E-state index >= 15 is 0 Å². The van der Waals surface area contributed by atoms with Gasteiger partial charge in [0.2, 0.25) is 0 Å². The first-order valence-corrected chi connectivity index (χ1v) is 7.32. The van der Waals surface area contributed by atoms with Crippen LogP contribution in [0.5, 0.6) is 5.75 Å². The largest absolute Gasteiger partial charge is 0.491 e. The van der Waals surface area contributed by atoms with Gasteiger partial charge in [0.05, 0.1) is 6.10 Å². The van der Waals surface area contributed by atoms with Gasteiger partial charge in [0.25, 0.3) is 5.91 Å². The van der Waals surface area contributed by atoms with Crippen LogP contribution in [-0.4, -0.2) is 43.1 Å². The molecule has 20 heavy (non-hydrogen) atoms.